The van der Waals surface area contributed by atoms with Gasteiger partial charge in [-0.1, -0.05) is 23.7 Å². The number of aromatic amines is 1. The molecule has 32 heavy (non-hydrogen) atoms. The van der Waals surface area contributed by atoms with Gasteiger partial charge in [-0.15, -0.1) is 0 Å². The van der Waals surface area contributed by atoms with Gasteiger partial charge in [-0.3, -0.25) is 4.79 Å². The Labute approximate surface area is 186 Å². The summed E-state index contributed by atoms with van der Waals surface area (Å²) >= 11 is 6.42. The lowest BCUT2D eigenvalue weighted by molar-refractivity contribution is -0.137. The first-order valence-corrected chi connectivity index (χ1v) is 9.92. The Bertz CT molecular complexity index is 1300. The zero-order chi connectivity index (χ0) is 22.9. The minimum Gasteiger partial charge on any atom is -0.488 e. The molecule has 2 heterocycles. The molecule has 5 nitrogen and oxygen atoms in total. The van der Waals surface area contributed by atoms with Crippen LogP contribution in [0.5, 0.6) is 5.75 Å². The molecule has 0 aliphatic rings. The molecule has 0 saturated carbocycles. The highest BCUT2D eigenvalue weighted by Crippen LogP contribution is 2.31. The van der Waals surface area contributed by atoms with E-state index in [0.717, 1.165) is 23.1 Å². The number of ether oxygens (including phenoxy) is 1. The molecule has 1 amide bonds. The van der Waals surface area contributed by atoms with E-state index < -0.39 is 17.6 Å². The molecule has 164 valence electrons. The third kappa shape index (κ3) is 4.55. The number of hydrogen-bond acceptors (Lipinski definition) is 3. The topological polar surface area (TPSA) is 67.0 Å². The fourth-order valence-electron chi connectivity index (χ4n) is 3.15. The summed E-state index contributed by atoms with van der Waals surface area (Å²) in [6.07, 6.45) is -1.16. The minimum atomic E-state index is -4.53. The number of nitrogens with one attached hydrogen (secondary N) is 2. The molecule has 0 atom stereocenters. The molecular formula is C23H17ClF3N3O2. The van der Waals surface area contributed by atoms with Gasteiger partial charge in [0.05, 0.1) is 10.6 Å². The summed E-state index contributed by atoms with van der Waals surface area (Å²) in [4.78, 5) is 19.7. The third-order valence-electron chi connectivity index (χ3n) is 4.87. The van der Waals surface area contributed by atoms with Crippen LogP contribution in [0, 0.1) is 6.92 Å². The molecule has 0 unspecified atom stereocenters. The summed E-state index contributed by atoms with van der Waals surface area (Å²) in [5.74, 6) is -0.159. The van der Waals surface area contributed by atoms with Crippen LogP contribution in [0.1, 0.15) is 27.0 Å². The lowest BCUT2D eigenvalue weighted by Crippen LogP contribution is -2.14. The van der Waals surface area contributed by atoms with Crippen LogP contribution in [-0.4, -0.2) is 15.9 Å². The number of benzene rings is 2. The number of aromatic nitrogens is 2. The number of fused-ring (bicyclic) bond motifs is 1. The summed E-state index contributed by atoms with van der Waals surface area (Å²) in [6, 6.07) is 11.1. The van der Waals surface area contributed by atoms with Crippen molar-refractivity contribution in [1.82, 2.24) is 9.97 Å². The second-order valence-electron chi connectivity index (χ2n) is 7.14. The van der Waals surface area contributed by atoms with Crippen molar-refractivity contribution in [2.75, 3.05) is 5.32 Å². The van der Waals surface area contributed by atoms with Crippen LogP contribution >= 0.6 is 11.6 Å². The summed E-state index contributed by atoms with van der Waals surface area (Å²) in [6.45, 7) is 1.99. The molecule has 2 aromatic heterocycles. The number of carbonyl (C=O) groups is 1. The van der Waals surface area contributed by atoms with Gasteiger partial charge in [-0.2, -0.15) is 13.2 Å². The van der Waals surface area contributed by atoms with Crippen LogP contribution in [0.25, 0.3) is 11.0 Å². The first kappa shape index (κ1) is 21.7. The number of pyridine rings is 1. The number of hydrogen-bond donors (Lipinski definition) is 2. The van der Waals surface area contributed by atoms with Gasteiger partial charge in [0.1, 0.15) is 18.0 Å². The number of carbonyl (C=O) groups excluding carboxylic acids is 1. The molecule has 0 saturated heterocycles. The molecule has 2 N–H and O–H groups in total. The molecular weight excluding hydrogens is 443 g/mol. The lowest BCUT2D eigenvalue weighted by Gasteiger charge is -2.13. The quantitative estimate of drug-likeness (QED) is 0.364. The van der Waals surface area contributed by atoms with E-state index >= 15 is 0 Å². The molecule has 4 aromatic rings. The van der Waals surface area contributed by atoms with Gasteiger partial charge >= 0.3 is 6.18 Å². The van der Waals surface area contributed by atoms with E-state index in [-0.39, 0.29) is 12.2 Å². The van der Waals surface area contributed by atoms with Gasteiger partial charge < -0.3 is 15.0 Å². The van der Waals surface area contributed by atoms with Gasteiger partial charge in [0.15, 0.2) is 0 Å². The van der Waals surface area contributed by atoms with Crippen molar-refractivity contribution in [2.24, 2.45) is 0 Å². The number of aryl methyl sites for hydroxylation is 1. The number of alkyl halides is 3. The largest absolute Gasteiger partial charge is 0.488 e. The Hall–Kier alpha value is -3.52. The van der Waals surface area contributed by atoms with E-state index in [2.05, 4.69) is 15.3 Å². The monoisotopic (exact) mass is 459 g/mol. The molecule has 0 fully saturated rings. The van der Waals surface area contributed by atoms with E-state index in [1.54, 1.807) is 30.6 Å². The normalized spacial score (nSPS) is 11.5. The van der Waals surface area contributed by atoms with Crippen LogP contribution in [0.3, 0.4) is 0 Å². The number of H-pyrrole nitrogens is 1. The highest BCUT2D eigenvalue weighted by molar-refractivity contribution is 6.36. The molecule has 0 spiro atoms. The average molecular weight is 460 g/mol. The Morgan fingerprint density at radius 3 is 2.78 bits per heavy atom. The van der Waals surface area contributed by atoms with E-state index in [1.807, 2.05) is 13.0 Å². The fraction of sp³-hybridized carbons (Fsp3) is 0.130. The SMILES string of the molecule is Cc1ccc(NC(=O)c2cccc(C(F)(F)F)c2)cc1OCc1cnc2[nH]ccc2c1Cl. The van der Waals surface area contributed by atoms with Gasteiger partial charge in [0.2, 0.25) is 0 Å². The van der Waals surface area contributed by atoms with Crippen molar-refractivity contribution in [2.45, 2.75) is 19.7 Å². The first-order chi connectivity index (χ1) is 15.2. The van der Waals surface area contributed by atoms with E-state index in [0.29, 0.717) is 27.7 Å². The van der Waals surface area contributed by atoms with Crippen LogP contribution in [0.15, 0.2) is 60.9 Å². The van der Waals surface area contributed by atoms with Crippen molar-refractivity contribution < 1.29 is 22.7 Å². The number of halogens is 4. The third-order valence-corrected chi connectivity index (χ3v) is 5.32. The predicted molar refractivity (Wildman–Crippen MR) is 116 cm³/mol. The van der Waals surface area contributed by atoms with Crippen LogP contribution in [0.4, 0.5) is 18.9 Å². The maximum absolute atomic E-state index is 12.9. The van der Waals surface area contributed by atoms with Crippen LogP contribution in [-0.2, 0) is 12.8 Å². The molecule has 0 aliphatic heterocycles. The number of anilines is 1. The van der Waals surface area contributed by atoms with Gasteiger partial charge in [0.25, 0.3) is 5.91 Å². The zero-order valence-corrected chi connectivity index (χ0v) is 17.5. The molecule has 0 radical (unpaired) electrons. The van der Waals surface area contributed by atoms with Gasteiger partial charge in [-0.05, 0) is 42.8 Å². The van der Waals surface area contributed by atoms with Gasteiger partial charge in [0, 0.05) is 40.7 Å². The second kappa shape index (κ2) is 8.55. The lowest BCUT2D eigenvalue weighted by atomic mass is 10.1. The maximum atomic E-state index is 12.9. The van der Waals surface area contributed by atoms with Gasteiger partial charge in [-0.25, -0.2) is 4.98 Å². The Morgan fingerprint density at radius 2 is 2.00 bits per heavy atom. The van der Waals surface area contributed by atoms with E-state index in [9.17, 15) is 18.0 Å². The number of rotatable bonds is 5. The molecule has 4 rings (SSSR count). The maximum Gasteiger partial charge on any atom is 0.416 e. The minimum absolute atomic E-state index is 0.0967. The molecule has 2 aromatic carbocycles. The Morgan fingerprint density at radius 1 is 1.19 bits per heavy atom. The summed E-state index contributed by atoms with van der Waals surface area (Å²) in [5.41, 5.74) is 1.58. The van der Waals surface area contributed by atoms with Crippen LogP contribution < -0.4 is 10.1 Å². The van der Waals surface area contributed by atoms with E-state index in [1.165, 1.54) is 12.1 Å². The molecule has 0 aliphatic carbocycles. The first-order valence-electron chi connectivity index (χ1n) is 9.55. The fourth-order valence-corrected chi connectivity index (χ4v) is 3.40. The highest BCUT2D eigenvalue weighted by Gasteiger charge is 2.30. The van der Waals surface area contributed by atoms with Crippen molar-refractivity contribution in [1.29, 1.82) is 0 Å². The second-order valence-corrected chi connectivity index (χ2v) is 7.52. The van der Waals surface area contributed by atoms with E-state index in [4.69, 9.17) is 16.3 Å². The smallest absolute Gasteiger partial charge is 0.416 e. The summed E-state index contributed by atoms with van der Waals surface area (Å²) in [7, 11) is 0. The zero-order valence-electron chi connectivity index (χ0n) is 16.8. The average Bonchev–Trinajstić information content (AvgIpc) is 3.24. The van der Waals surface area contributed by atoms with Crippen molar-refractivity contribution in [3.63, 3.8) is 0 Å². The van der Waals surface area contributed by atoms with Crippen molar-refractivity contribution in [3.05, 3.63) is 88.2 Å². The number of nitrogens with zero attached hydrogens (tertiary/aromatic N) is 1. The predicted octanol–water partition coefficient (Wildman–Crippen LogP) is 6.37. The standard InChI is InChI=1S/C23H17ClF3N3O2/c1-13-5-6-17(30-22(31)14-3-2-4-16(9-14)23(25,26)27)10-19(13)32-12-15-11-29-21-18(20(15)24)7-8-28-21/h2-11H,12H2,1H3,(H,28,29)(H,30,31). The Balaban J connectivity index is 1.50. The summed E-state index contributed by atoms with van der Waals surface area (Å²) < 4.78 is 44.6. The Kier molecular flexibility index (Phi) is 5.80. The number of amides is 1. The summed E-state index contributed by atoms with van der Waals surface area (Å²) in [5, 5.41) is 3.92. The van der Waals surface area contributed by atoms with Crippen molar-refractivity contribution in [3.8, 4) is 5.75 Å². The van der Waals surface area contributed by atoms with Crippen molar-refractivity contribution >= 4 is 34.2 Å². The molecule has 9 heteroatoms. The molecule has 0 bridgehead atoms. The highest BCUT2D eigenvalue weighted by atomic mass is 35.5. The van der Waals surface area contributed by atoms with Crippen LogP contribution in [0.2, 0.25) is 5.02 Å².